The fourth-order valence-electron chi connectivity index (χ4n) is 2.45. The van der Waals surface area contributed by atoms with Crippen LogP contribution in [0.4, 0.5) is 0 Å². The van der Waals surface area contributed by atoms with Gasteiger partial charge in [-0.1, -0.05) is 11.6 Å². The van der Waals surface area contributed by atoms with E-state index in [0.29, 0.717) is 30.0 Å². The first kappa shape index (κ1) is 17.8. The van der Waals surface area contributed by atoms with Crippen molar-refractivity contribution in [1.29, 1.82) is 0 Å². The second kappa shape index (κ2) is 8.36. The molecule has 0 bridgehead atoms. The number of nitrogens with zero attached hydrogens (tertiary/aromatic N) is 1. The van der Waals surface area contributed by atoms with Crippen LogP contribution < -0.4 is 0 Å². The Morgan fingerprint density at radius 1 is 1.22 bits per heavy atom. The van der Waals surface area contributed by atoms with Crippen LogP contribution in [-0.4, -0.2) is 52.3 Å². The topological polar surface area (TPSA) is 74.7 Å². The third kappa shape index (κ3) is 5.25. The Morgan fingerprint density at radius 3 is 2.57 bits per heavy atom. The zero-order chi connectivity index (χ0) is 16.8. The number of rotatable bonds is 6. The predicted molar refractivity (Wildman–Crippen MR) is 90.0 cm³/mol. The minimum absolute atomic E-state index is 0.0541. The monoisotopic (exact) mass is 355 g/mol. The van der Waals surface area contributed by atoms with Crippen molar-refractivity contribution in [2.45, 2.75) is 12.8 Å². The molecule has 0 spiro atoms. The summed E-state index contributed by atoms with van der Waals surface area (Å²) < 4.78 is 0. The van der Waals surface area contributed by atoms with Crippen LogP contribution >= 0.6 is 23.4 Å². The van der Waals surface area contributed by atoms with E-state index in [2.05, 4.69) is 0 Å². The molecule has 0 radical (unpaired) electrons. The van der Waals surface area contributed by atoms with Crippen molar-refractivity contribution in [2.24, 2.45) is 5.92 Å². The fraction of sp³-hybridized carbons (Fsp3) is 0.438. The first-order chi connectivity index (χ1) is 11.0. The van der Waals surface area contributed by atoms with Crippen molar-refractivity contribution in [3.63, 3.8) is 0 Å². The molecule has 23 heavy (non-hydrogen) atoms. The molecule has 124 valence electrons. The highest BCUT2D eigenvalue weighted by Crippen LogP contribution is 2.18. The predicted octanol–water partition coefficient (Wildman–Crippen LogP) is 2.58. The molecule has 5 nitrogen and oxygen atoms in total. The second-order valence-electron chi connectivity index (χ2n) is 5.44. The summed E-state index contributed by atoms with van der Waals surface area (Å²) in [6.45, 7) is 0.855. The Balaban J connectivity index is 1.77. The number of amides is 1. The lowest BCUT2D eigenvalue weighted by molar-refractivity contribution is -0.145. The SMILES string of the molecule is O=C(CSCC(=O)N1CCCC(C(=O)O)C1)c1ccc(Cl)cc1. The lowest BCUT2D eigenvalue weighted by Gasteiger charge is -2.30. The summed E-state index contributed by atoms with van der Waals surface area (Å²) in [6.07, 6.45) is 1.32. The molecule has 2 rings (SSSR count). The quantitative estimate of drug-likeness (QED) is 0.794. The summed E-state index contributed by atoms with van der Waals surface area (Å²) in [6, 6.07) is 6.64. The normalized spacial score (nSPS) is 17.8. The molecule has 1 saturated heterocycles. The highest BCUT2D eigenvalue weighted by Gasteiger charge is 2.27. The number of ketones is 1. The minimum atomic E-state index is -0.854. The maximum absolute atomic E-state index is 12.1. The lowest BCUT2D eigenvalue weighted by Crippen LogP contribution is -2.43. The van der Waals surface area contributed by atoms with E-state index in [1.54, 1.807) is 29.2 Å². The van der Waals surface area contributed by atoms with Crippen molar-refractivity contribution < 1.29 is 19.5 Å². The van der Waals surface area contributed by atoms with Gasteiger partial charge in [0.25, 0.3) is 0 Å². The number of carbonyl (C=O) groups is 3. The van der Waals surface area contributed by atoms with Crippen LogP contribution in [0.15, 0.2) is 24.3 Å². The van der Waals surface area contributed by atoms with Gasteiger partial charge < -0.3 is 10.0 Å². The number of hydrogen-bond acceptors (Lipinski definition) is 4. The van der Waals surface area contributed by atoms with Crippen molar-refractivity contribution in [3.05, 3.63) is 34.9 Å². The summed E-state index contributed by atoms with van der Waals surface area (Å²) in [5.41, 5.74) is 0.568. The van der Waals surface area contributed by atoms with Crippen molar-refractivity contribution in [3.8, 4) is 0 Å². The van der Waals surface area contributed by atoms with Crippen LogP contribution in [-0.2, 0) is 9.59 Å². The third-order valence-electron chi connectivity index (χ3n) is 3.75. The number of carboxylic acids is 1. The summed E-state index contributed by atoms with van der Waals surface area (Å²) in [7, 11) is 0. The molecule has 1 aromatic carbocycles. The van der Waals surface area contributed by atoms with E-state index in [9.17, 15) is 14.4 Å². The van der Waals surface area contributed by atoms with E-state index >= 15 is 0 Å². The Morgan fingerprint density at radius 2 is 1.91 bits per heavy atom. The van der Waals surface area contributed by atoms with E-state index in [4.69, 9.17) is 16.7 Å². The number of carbonyl (C=O) groups excluding carboxylic acids is 2. The number of piperidine rings is 1. The van der Waals surface area contributed by atoms with Gasteiger partial charge in [-0.3, -0.25) is 14.4 Å². The molecule has 7 heteroatoms. The molecule has 1 unspecified atom stereocenters. The van der Waals surface area contributed by atoms with Crippen LogP contribution in [0.2, 0.25) is 5.02 Å². The molecule has 1 N–H and O–H groups in total. The molecule has 0 saturated carbocycles. The highest BCUT2D eigenvalue weighted by atomic mass is 35.5. The molecule has 1 aromatic rings. The van der Waals surface area contributed by atoms with Crippen LogP contribution in [0.5, 0.6) is 0 Å². The highest BCUT2D eigenvalue weighted by molar-refractivity contribution is 8.00. The standard InChI is InChI=1S/C16H18ClNO4S/c17-13-5-3-11(4-6-13)14(19)9-23-10-15(20)18-7-1-2-12(8-18)16(21)22/h3-6,12H,1-2,7-10H2,(H,21,22). The van der Waals surface area contributed by atoms with E-state index in [0.717, 1.165) is 0 Å². The second-order valence-corrected chi connectivity index (χ2v) is 6.86. The van der Waals surface area contributed by atoms with E-state index in [-0.39, 0.29) is 29.7 Å². The average molecular weight is 356 g/mol. The van der Waals surface area contributed by atoms with Gasteiger partial charge in [-0.05, 0) is 37.1 Å². The minimum Gasteiger partial charge on any atom is -0.481 e. The largest absolute Gasteiger partial charge is 0.481 e. The van der Waals surface area contributed by atoms with Crippen LogP contribution in [0, 0.1) is 5.92 Å². The molecule has 1 amide bonds. The fourth-order valence-corrected chi connectivity index (χ4v) is 3.38. The molecule has 1 heterocycles. The Hall–Kier alpha value is -1.53. The van der Waals surface area contributed by atoms with Gasteiger partial charge in [0.1, 0.15) is 0 Å². The molecule has 0 aliphatic carbocycles. The van der Waals surface area contributed by atoms with Gasteiger partial charge in [-0.25, -0.2) is 0 Å². The summed E-state index contributed by atoms with van der Waals surface area (Å²) in [5, 5.41) is 9.61. The van der Waals surface area contributed by atoms with E-state index in [1.807, 2.05) is 0 Å². The van der Waals surface area contributed by atoms with Crippen molar-refractivity contribution in [2.75, 3.05) is 24.6 Å². The number of hydrogen-bond donors (Lipinski definition) is 1. The molecule has 1 fully saturated rings. The first-order valence-electron chi connectivity index (χ1n) is 7.34. The summed E-state index contributed by atoms with van der Waals surface area (Å²) in [5.74, 6) is -1.09. The van der Waals surface area contributed by atoms with Crippen LogP contribution in [0.25, 0.3) is 0 Å². The number of carboxylic acid groups (broad SMARTS) is 1. The summed E-state index contributed by atoms with van der Waals surface area (Å²) >= 11 is 7.02. The zero-order valence-corrected chi connectivity index (χ0v) is 14.1. The maximum atomic E-state index is 12.1. The van der Waals surface area contributed by atoms with Gasteiger partial charge in [0.2, 0.25) is 5.91 Å². The molecular formula is C16H18ClNO4S. The molecule has 1 aliphatic rings. The van der Waals surface area contributed by atoms with E-state index in [1.165, 1.54) is 11.8 Å². The van der Waals surface area contributed by atoms with Crippen molar-refractivity contribution in [1.82, 2.24) is 4.90 Å². The van der Waals surface area contributed by atoms with Gasteiger partial charge >= 0.3 is 5.97 Å². The number of benzene rings is 1. The lowest BCUT2D eigenvalue weighted by atomic mass is 9.98. The average Bonchev–Trinajstić information content (AvgIpc) is 2.55. The Bertz CT molecular complexity index is 590. The number of Topliss-reactive ketones (excluding diaryl/α,β-unsaturated/α-hetero) is 1. The number of thioether (sulfide) groups is 1. The summed E-state index contributed by atoms with van der Waals surface area (Å²) in [4.78, 5) is 36.7. The van der Waals surface area contributed by atoms with Gasteiger partial charge in [0, 0.05) is 23.7 Å². The molecule has 1 atom stereocenters. The number of aliphatic carboxylic acids is 1. The number of halogens is 1. The Kier molecular flexibility index (Phi) is 6.47. The first-order valence-corrected chi connectivity index (χ1v) is 8.87. The van der Waals surface area contributed by atoms with Crippen molar-refractivity contribution >= 4 is 41.0 Å². The third-order valence-corrected chi connectivity index (χ3v) is 4.92. The maximum Gasteiger partial charge on any atom is 0.308 e. The van der Waals surface area contributed by atoms with Gasteiger partial charge in [-0.15, -0.1) is 11.8 Å². The van der Waals surface area contributed by atoms with E-state index < -0.39 is 11.9 Å². The zero-order valence-electron chi connectivity index (χ0n) is 12.5. The smallest absolute Gasteiger partial charge is 0.308 e. The molecular weight excluding hydrogens is 338 g/mol. The van der Waals surface area contributed by atoms with Gasteiger partial charge in [-0.2, -0.15) is 0 Å². The van der Waals surface area contributed by atoms with Gasteiger partial charge in [0.05, 0.1) is 17.4 Å². The number of likely N-dealkylation sites (tertiary alicyclic amines) is 1. The Labute approximate surface area is 144 Å². The van der Waals surface area contributed by atoms with Crippen LogP contribution in [0.1, 0.15) is 23.2 Å². The van der Waals surface area contributed by atoms with Crippen LogP contribution in [0.3, 0.4) is 0 Å². The molecule has 1 aliphatic heterocycles. The molecule has 0 aromatic heterocycles. The van der Waals surface area contributed by atoms with Gasteiger partial charge in [0.15, 0.2) is 5.78 Å².